The Morgan fingerprint density at radius 2 is 1.60 bits per heavy atom. The van der Waals surface area contributed by atoms with Gasteiger partial charge in [0.1, 0.15) is 0 Å². The van der Waals surface area contributed by atoms with Gasteiger partial charge < -0.3 is 0 Å². The van der Waals surface area contributed by atoms with Gasteiger partial charge in [-0.2, -0.15) is 11.8 Å². The van der Waals surface area contributed by atoms with E-state index in [1.807, 2.05) is 0 Å². The molecule has 1 aliphatic rings. The molecule has 0 N–H and O–H groups in total. The van der Waals surface area contributed by atoms with Gasteiger partial charge in [0.05, 0.1) is 0 Å². The molecule has 1 nitrogen and oxygen atoms in total. The van der Waals surface area contributed by atoms with Crippen molar-refractivity contribution in [2.24, 2.45) is 0 Å². The molecule has 0 saturated carbocycles. The molecule has 1 saturated heterocycles. The van der Waals surface area contributed by atoms with Crippen molar-refractivity contribution in [1.82, 2.24) is 4.90 Å². The van der Waals surface area contributed by atoms with Gasteiger partial charge in [-0.25, -0.2) is 0 Å². The third kappa shape index (κ3) is 2.17. The van der Waals surface area contributed by atoms with Crippen molar-refractivity contribution in [2.75, 3.05) is 24.6 Å². The van der Waals surface area contributed by atoms with E-state index in [0.717, 1.165) is 0 Å². The lowest BCUT2D eigenvalue weighted by molar-refractivity contribution is 0.153. The molecule has 0 atom stereocenters. The first-order valence-corrected chi connectivity index (χ1v) is 5.09. The van der Waals surface area contributed by atoms with Gasteiger partial charge in [0.2, 0.25) is 0 Å². The third-order valence-corrected chi connectivity index (χ3v) is 2.90. The molecular weight excluding hydrogens is 142 g/mol. The summed E-state index contributed by atoms with van der Waals surface area (Å²) in [5, 5.41) is 0. The largest absolute Gasteiger partial charge is 0.297 e. The van der Waals surface area contributed by atoms with Crippen LogP contribution in [0.2, 0.25) is 0 Å². The number of thioether (sulfide) groups is 1. The molecule has 0 unspecified atom stereocenters. The Morgan fingerprint density at radius 3 is 1.90 bits per heavy atom. The van der Waals surface area contributed by atoms with Crippen LogP contribution in [0, 0.1) is 0 Å². The molecule has 2 heteroatoms. The third-order valence-electron chi connectivity index (χ3n) is 1.96. The van der Waals surface area contributed by atoms with Crippen LogP contribution in [0.3, 0.4) is 0 Å². The molecule has 0 radical (unpaired) electrons. The van der Waals surface area contributed by atoms with E-state index in [-0.39, 0.29) is 0 Å². The minimum absolute atomic E-state index is 0.390. The Hall–Kier alpha value is 0.310. The predicted octanol–water partition coefficient (Wildman–Crippen LogP) is 1.83. The van der Waals surface area contributed by atoms with Crippen LogP contribution in [-0.2, 0) is 0 Å². The van der Waals surface area contributed by atoms with Gasteiger partial charge in [0.15, 0.2) is 0 Å². The minimum atomic E-state index is 0.390. The first kappa shape index (κ1) is 8.41. The van der Waals surface area contributed by atoms with Crippen LogP contribution >= 0.6 is 11.8 Å². The molecule has 1 fully saturated rings. The topological polar surface area (TPSA) is 3.24 Å². The fourth-order valence-corrected chi connectivity index (χ4v) is 2.14. The van der Waals surface area contributed by atoms with E-state index < -0.39 is 0 Å². The Balaban J connectivity index is 2.39. The van der Waals surface area contributed by atoms with Crippen molar-refractivity contribution in [3.8, 4) is 0 Å². The zero-order chi connectivity index (χ0) is 7.61. The first-order valence-electron chi connectivity index (χ1n) is 3.93. The van der Waals surface area contributed by atoms with Crippen LogP contribution in [0.25, 0.3) is 0 Å². The predicted molar refractivity (Wildman–Crippen MR) is 48.7 cm³/mol. The smallest absolute Gasteiger partial charge is 0.0125 e. The standard InChI is InChI=1S/C8H17NS/c1-8(2,3)9-4-6-10-7-5-9/h4-7H2,1-3H3. The van der Waals surface area contributed by atoms with Gasteiger partial charge in [-0.3, -0.25) is 4.90 Å². The zero-order valence-electron chi connectivity index (χ0n) is 7.18. The highest BCUT2D eigenvalue weighted by Crippen LogP contribution is 2.18. The van der Waals surface area contributed by atoms with Crippen LogP contribution in [0.5, 0.6) is 0 Å². The fourth-order valence-electron chi connectivity index (χ4n) is 1.23. The van der Waals surface area contributed by atoms with Crippen LogP contribution in [0.4, 0.5) is 0 Å². The molecule has 1 heterocycles. The molecule has 0 aromatic carbocycles. The summed E-state index contributed by atoms with van der Waals surface area (Å²) in [5.74, 6) is 2.63. The highest BCUT2D eigenvalue weighted by atomic mass is 32.2. The summed E-state index contributed by atoms with van der Waals surface area (Å²) < 4.78 is 0. The first-order chi connectivity index (χ1) is 4.61. The van der Waals surface area contributed by atoms with Gasteiger partial charge in [0.25, 0.3) is 0 Å². The van der Waals surface area contributed by atoms with E-state index in [4.69, 9.17) is 0 Å². The van der Waals surface area contributed by atoms with Gasteiger partial charge in [-0.15, -0.1) is 0 Å². The normalized spacial score (nSPS) is 23.1. The lowest BCUT2D eigenvalue weighted by Gasteiger charge is -2.37. The number of nitrogens with zero attached hydrogens (tertiary/aromatic N) is 1. The van der Waals surface area contributed by atoms with Crippen LogP contribution in [0.15, 0.2) is 0 Å². The zero-order valence-corrected chi connectivity index (χ0v) is 8.00. The second-order valence-corrected chi connectivity index (χ2v) is 4.99. The Labute approximate surface area is 68.2 Å². The average molecular weight is 159 g/mol. The molecule has 1 rings (SSSR count). The highest BCUT2D eigenvalue weighted by molar-refractivity contribution is 7.99. The lowest BCUT2D eigenvalue weighted by atomic mass is 10.1. The van der Waals surface area contributed by atoms with Crippen LogP contribution < -0.4 is 0 Å². The Bertz CT molecular complexity index is 100. The number of hydrogen-bond donors (Lipinski definition) is 0. The van der Waals surface area contributed by atoms with Crippen LogP contribution in [-0.4, -0.2) is 35.0 Å². The number of hydrogen-bond acceptors (Lipinski definition) is 2. The Morgan fingerprint density at radius 1 is 1.10 bits per heavy atom. The van der Waals surface area contributed by atoms with Crippen molar-refractivity contribution in [3.05, 3.63) is 0 Å². The van der Waals surface area contributed by atoms with Gasteiger partial charge in [-0.05, 0) is 20.8 Å². The Kier molecular flexibility index (Phi) is 2.64. The molecule has 0 spiro atoms. The summed E-state index contributed by atoms with van der Waals surface area (Å²) in [6, 6.07) is 0. The van der Waals surface area contributed by atoms with Crippen molar-refractivity contribution < 1.29 is 0 Å². The second-order valence-electron chi connectivity index (χ2n) is 3.77. The van der Waals surface area contributed by atoms with Crippen molar-refractivity contribution in [2.45, 2.75) is 26.3 Å². The summed E-state index contributed by atoms with van der Waals surface area (Å²) >= 11 is 2.07. The maximum absolute atomic E-state index is 2.56. The molecule has 10 heavy (non-hydrogen) atoms. The van der Waals surface area contributed by atoms with Crippen LogP contribution in [0.1, 0.15) is 20.8 Å². The summed E-state index contributed by atoms with van der Waals surface area (Å²) in [6.45, 7) is 9.43. The van der Waals surface area contributed by atoms with E-state index >= 15 is 0 Å². The molecule has 60 valence electrons. The average Bonchev–Trinajstić information content (AvgIpc) is 1.88. The monoisotopic (exact) mass is 159 g/mol. The van der Waals surface area contributed by atoms with E-state index in [9.17, 15) is 0 Å². The molecule has 0 aliphatic carbocycles. The summed E-state index contributed by atoms with van der Waals surface area (Å²) in [4.78, 5) is 2.56. The SMILES string of the molecule is CC(C)(C)N1CCSCC1. The summed E-state index contributed by atoms with van der Waals surface area (Å²) in [7, 11) is 0. The van der Waals surface area contributed by atoms with E-state index in [1.165, 1.54) is 24.6 Å². The molecule has 0 aromatic rings. The van der Waals surface area contributed by atoms with Gasteiger partial charge in [0, 0.05) is 30.1 Å². The maximum Gasteiger partial charge on any atom is 0.0125 e. The van der Waals surface area contributed by atoms with E-state index in [2.05, 4.69) is 37.4 Å². The van der Waals surface area contributed by atoms with Gasteiger partial charge >= 0.3 is 0 Å². The molecule has 0 bridgehead atoms. The fraction of sp³-hybridized carbons (Fsp3) is 1.00. The highest BCUT2D eigenvalue weighted by Gasteiger charge is 2.22. The second kappa shape index (κ2) is 3.14. The summed E-state index contributed by atoms with van der Waals surface area (Å²) in [5.41, 5.74) is 0.390. The molecule has 0 aromatic heterocycles. The minimum Gasteiger partial charge on any atom is -0.297 e. The molecular formula is C8H17NS. The van der Waals surface area contributed by atoms with E-state index in [1.54, 1.807) is 0 Å². The summed E-state index contributed by atoms with van der Waals surface area (Å²) in [6.07, 6.45) is 0. The molecule has 1 aliphatic heterocycles. The van der Waals surface area contributed by atoms with Crippen molar-refractivity contribution >= 4 is 11.8 Å². The van der Waals surface area contributed by atoms with E-state index in [0.29, 0.717) is 5.54 Å². The van der Waals surface area contributed by atoms with Crippen molar-refractivity contribution in [3.63, 3.8) is 0 Å². The number of rotatable bonds is 0. The van der Waals surface area contributed by atoms with Crippen molar-refractivity contribution in [1.29, 1.82) is 0 Å². The maximum atomic E-state index is 2.56. The lowest BCUT2D eigenvalue weighted by Crippen LogP contribution is -2.45. The van der Waals surface area contributed by atoms with Gasteiger partial charge in [-0.1, -0.05) is 0 Å². The molecule has 0 amide bonds. The quantitative estimate of drug-likeness (QED) is 0.530.